The van der Waals surface area contributed by atoms with E-state index in [2.05, 4.69) is 6.07 Å². The SMILES string of the molecule is Nc1cc(Cl)ccc1-c1cccc2c1OCC2. The van der Waals surface area contributed by atoms with Gasteiger partial charge in [0.05, 0.1) is 6.61 Å². The Kier molecular flexibility index (Phi) is 2.45. The smallest absolute Gasteiger partial charge is 0.130 e. The van der Waals surface area contributed by atoms with Gasteiger partial charge in [0.2, 0.25) is 0 Å². The third kappa shape index (κ3) is 1.75. The van der Waals surface area contributed by atoms with E-state index < -0.39 is 0 Å². The van der Waals surface area contributed by atoms with E-state index >= 15 is 0 Å². The van der Waals surface area contributed by atoms with Gasteiger partial charge < -0.3 is 10.5 Å². The van der Waals surface area contributed by atoms with Gasteiger partial charge in [-0.25, -0.2) is 0 Å². The van der Waals surface area contributed by atoms with Crippen molar-refractivity contribution in [3.05, 3.63) is 47.0 Å². The fourth-order valence-electron chi connectivity index (χ4n) is 2.21. The first-order valence-electron chi connectivity index (χ1n) is 5.56. The van der Waals surface area contributed by atoms with Crippen LogP contribution in [0.2, 0.25) is 5.02 Å². The van der Waals surface area contributed by atoms with E-state index in [0.29, 0.717) is 10.7 Å². The molecule has 0 radical (unpaired) electrons. The molecule has 3 heteroatoms. The summed E-state index contributed by atoms with van der Waals surface area (Å²) in [7, 11) is 0. The van der Waals surface area contributed by atoms with Gasteiger partial charge in [-0.1, -0.05) is 35.9 Å². The molecule has 1 heterocycles. The number of nitrogens with two attached hydrogens (primary N) is 1. The Morgan fingerprint density at radius 2 is 2.00 bits per heavy atom. The minimum atomic E-state index is 0.653. The first-order valence-corrected chi connectivity index (χ1v) is 5.93. The Balaban J connectivity index is 2.19. The van der Waals surface area contributed by atoms with Gasteiger partial charge in [-0.05, 0) is 17.7 Å². The predicted molar refractivity (Wildman–Crippen MR) is 70.5 cm³/mol. The van der Waals surface area contributed by atoms with E-state index in [1.165, 1.54) is 5.56 Å². The summed E-state index contributed by atoms with van der Waals surface area (Å²) in [6.45, 7) is 0.750. The van der Waals surface area contributed by atoms with Gasteiger partial charge in [0.25, 0.3) is 0 Å². The highest BCUT2D eigenvalue weighted by Gasteiger charge is 2.17. The summed E-state index contributed by atoms with van der Waals surface area (Å²) in [6.07, 6.45) is 0.969. The lowest BCUT2D eigenvalue weighted by atomic mass is 10.00. The number of para-hydroxylation sites is 1. The Bertz CT molecular complexity index is 580. The summed E-state index contributed by atoms with van der Waals surface area (Å²) in [5.41, 5.74) is 9.97. The van der Waals surface area contributed by atoms with Crippen molar-refractivity contribution < 1.29 is 4.74 Å². The van der Waals surface area contributed by atoms with E-state index in [0.717, 1.165) is 29.9 Å². The molecule has 0 amide bonds. The zero-order valence-corrected chi connectivity index (χ0v) is 10.00. The summed E-state index contributed by atoms with van der Waals surface area (Å²) in [5, 5.41) is 0.653. The van der Waals surface area contributed by atoms with Crippen molar-refractivity contribution in [1.82, 2.24) is 0 Å². The van der Waals surface area contributed by atoms with Crippen LogP contribution in [0.5, 0.6) is 5.75 Å². The molecule has 2 aromatic carbocycles. The first kappa shape index (κ1) is 10.5. The molecule has 2 nitrogen and oxygen atoms in total. The number of nitrogen functional groups attached to an aromatic ring is 1. The van der Waals surface area contributed by atoms with Crippen LogP contribution in [-0.4, -0.2) is 6.61 Å². The van der Waals surface area contributed by atoms with Crippen molar-refractivity contribution in [1.29, 1.82) is 0 Å². The van der Waals surface area contributed by atoms with E-state index in [-0.39, 0.29) is 0 Å². The maximum atomic E-state index is 6.01. The van der Waals surface area contributed by atoms with Crippen molar-refractivity contribution >= 4 is 17.3 Å². The van der Waals surface area contributed by atoms with Crippen LogP contribution < -0.4 is 10.5 Å². The van der Waals surface area contributed by atoms with Gasteiger partial charge in [0.15, 0.2) is 0 Å². The number of anilines is 1. The molecular formula is C14H12ClNO. The quantitative estimate of drug-likeness (QED) is 0.781. The van der Waals surface area contributed by atoms with E-state index in [9.17, 15) is 0 Å². The van der Waals surface area contributed by atoms with Crippen molar-refractivity contribution in [2.75, 3.05) is 12.3 Å². The Hall–Kier alpha value is -1.67. The number of hydrogen-bond acceptors (Lipinski definition) is 2. The largest absolute Gasteiger partial charge is 0.492 e. The molecule has 0 saturated carbocycles. The molecule has 2 N–H and O–H groups in total. The topological polar surface area (TPSA) is 35.2 Å². The highest BCUT2D eigenvalue weighted by atomic mass is 35.5. The van der Waals surface area contributed by atoms with Crippen LogP contribution >= 0.6 is 11.6 Å². The molecule has 0 spiro atoms. The average molecular weight is 246 g/mol. The normalized spacial score (nSPS) is 13.2. The number of hydrogen-bond donors (Lipinski definition) is 1. The second-order valence-corrected chi connectivity index (χ2v) is 4.56. The summed E-state index contributed by atoms with van der Waals surface area (Å²) < 4.78 is 5.68. The van der Waals surface area contributed by atoms with Crippen LogP contribution in [0.1, 0.15) is 5.56 Å². The fourth-order valence-corrected chi connectivity index (χ4v) is 2.39. The zero-order chi connectivity index (χ0) is 11.8. The molecule has 0 unspecified atom stereocenters. The van der Waals surface area contributed by atoms with Crippen molar-refractivity contribution in [2.24, 2.45) is 0 Å². The highest BCUT2D eigenvalue weighted by molar-refractivity contribution is 6.31. The average Bonchev–Trinajstić information content (AvgIpc) is 2.77. The lowest BCUT2D eigenvalue weighted by Crippen LogP contribution is -1.93. The first-order chi connectivity index (χ1) is 8.25. The molecule has 1 aliphatic heterocycles. The van der Waals surface area contributed by atoms with Gasteiger partial charge in [-0.15, -0.1) is 0 Å². The fraction of sp³-hybridized carbons (Fsp3) is 0.143. The summed E-state index contributed by atoms with van der Waals surface area (Å²) >= 11 is 5.91. The molecule has 86 valence electrons. The molecule has 0 aliphatic carbocycles. The number of ether oxygens (including phenoxy) is 1. The number of rotatable bonds is 1. The zero-order valence-electron chi connectivity index (χ0n) is 9.24. The second-order valence-electron chi connectivity index (χ2n) is 4.12. The van der Waals surface area contributed by atoms with Crippen LogP contribution in [0.25, 0.3) is 11.1 Å². The Morgan fingerprint density at radius 1 is 1.12 bits per heavy atom. The molecule has 0 bridgehead atoms. The minimum absolute atomic E-state index is 0.653. The maximum Gasteiger partial charge on any atom is 0.130 e. The molecule has 2 aromatic rings. The minimum Gasteiger partial charge on any atom is -0.492 e. The van der Waals surface area contributed by atoms with Crippen LogP contribution in [0.15, 0.2) is 36.4 Å². The molecule has 0 saturated heterocycles. The number of benzene rings is 2. The van der Waals surface area contributed by atoms with Crippen molar-refractivity contribution in [2.45, 2.75) is 6.42 Å². The third-order valence-electron chi connectivity index (χ3n) is 3.02. The number of fused-ring (bicyclic) bond motifs is 1. The van der Waals surface area contributed by atoms with Crippen molar-refractivity contribution in [3.8, 4) is 16.9 Å². The summed E-state index contributed by atoms with van der Waals surface area (Å²) in [5.74, 6) is 0.960. The number of halogens is 1. The maximum absolute atomic E-state index is 6.01. The van der Waals surface area contributed by atoms with E-state index in [1.807, 2.05) is 24.3 Å². The van der Waals surface area contributed by atoms with Gasteiger partial charge in [0.1, 0.15) is 5.75 Å². The van der Waals surface area contributed by atoms with Crippen LogP contribution in [0, 0.1) is 0 Å². The molecule has 0 atom stereocenters. The van der Waals surface area contributed by atoms with Gasteiger partial charge in [-0.3, -0.25) is 0 Å². The van der Waals surface area contributed by atoms with Gasteiger partial charge in [0, 0.05) is 28.3 Å². The van der Waals surface area contributed by atoms with Crippen LogP contribution in [0.3, 0.4) is 0 Å². The lowest BCUT2D eigenvalue weighted by Gasteiger charge is -2.10. The molecule has 17 heavy (non-hydrogen) atoms. The predicted octanol–water partition coefficient (Wildman–Crippen LogP) is 3.52. The standard InChI is InChI=1S/C14H12ClNO/c15-10-4-5-11(13(16)8-10)12-3-1-2-9-6-7-17-14(9)12/h1-5,8H,6-7,16H2. The molecule has 3 rings (SSSR count). The molecule has 0 aromatic heterocycles. The van der Waals surface area contributed by atoms with E-state index in [1.54, 1.807) is 6.07 Å². The second kappa shape index (κ2) is 3.97. The third-order valence-corrected chi connectivity index (χ3v) is 3.25. The summed E-state index contributed by atoms with van der Waals surface area (Å²) in [6, 6.07) is 11.7. The van der Waals surface area contributed by atoms with Gasteiger partial charge in [-0.2, -0.15) is 0 Å². The molecular weight excluding hydrogens is 234 g/mol. The highest BCUT2D eigenvalue weighted by Crippen LogP contribution is 2.39. The summed E-state index contributed by atoms with van der Waals surface area (Å²) in [4.78, 5) is 0. The Morgan fingerprint density at radius 3 is 2.82 bits per heavy atom. The van der Waals surface area contributed by atoms with Crippen molar-refractivity contribution in [3.63, 3.8) is 0 Å². The molecule has 0 fully saturated rings. The van der Waals surface area contributed by atoms with Crippen LogP contribution in [-0.2, 0) is 6.42 Å². The van der Waals surface area contributed by atoms with E-state index in [4.69, 9.17) is 22.1 Å². The molecule has 1 aliphatic rings. The van der Waals surface area contributed by atoms with Crippen LogP contribution in [0.4, 0.5) is 5.69 Å². The monoisotopic (exact) mass is 245 g/mol. The lowest BCUT2D eigenvalue weighted by molar-refractivity contribution is 0.358. The van der Waals surface area contributed by atoms with Gasteiger partial charge >= 0.3 is 0 Å². The Labute approximate surface area is 105 Å².